The third-order valence-corrected chi connectivity index (χ3v) is 6.27. The molecule has 146 valence electrons. The lowest BCUT2D eigenvalue weighted by Crippen LogP contribution is -2.24. The van der Waals surface area contributed by atoms with Gasteiger partial charge in [0.25, 0.3) is 0 Å². The Hall–Kier alpha value is -1.18. The van der Waals surface area contributed by atoms with Crippen LogP contribution in [0, 0.1) is 34.5 Å². The zero-order chi connectivity index (χ0) is 19.2. The van der Waals surface area contributed by atoms with Gasteiger partial charge in [-0.1, -0.05) is 39.7 Å². The first-order valence-electron chi connectivity index (χ1n) is 10.3. The molecule has 0 radical (unpaired) electrons. The van der Waals surface area contributed by atoms with Crippen molar-refractivity contribution >= 4 is 5.78 Å². The van der Waals surface area contributed by atoms with Crippen LogP contribution in [0.4, 0.5) is 0 Å². The summed E-state index contributed by atoms with van der Waals surface area (Å²) in [5.41, 5.74) is -0.322. The van der Waals surface area contributed by atoms with Crippen LogP contribution in [0.25, 0.3) is 0 Å². The number of aliphatic hydroxyl groups excluding tert-OH is 1. The van der Waals surface area contributed by atoms with E-state index in [9.17, 15) is 9.90 Å². The van der Waals surface area contributed by atoms with E-state index in [1.807, 2.05) is 19.9 Å². The summed E-state index contributed by atoms with van der Waals surface area (Å²) in [6.45, 7) is 6.82. The molecule has 0 aliphatic heterocycles. The first-order chi connectivity index (χ1) is 12.4. The van der Waals surface area contributed by atoms with Gasteiger partial charge in [0, 0.05) is 24.4 Å². The average molecular weight is 362 g/mol. The molecule has 0 bridgehead atoms. The van der Waals surface area contributed by atoms with Crippen LogP contribution >= 0.6 is 0 Å². The first-order valence-corrected chi connectivity index (χ1v) is 10.3. The molecule has 0 aromatic carbocycles. The van der Waals surface area contributed by atoms with Crippen molar-refractivity contribution in [3.63, 3.8) is 0 Å². The standard InChI is InChI=1S/C22H35NO3/c1-4-5-10-22(2,3)21(25)9-8-18-19-15-17(26-12-7-6-11-23)13-16(19)14-20(18)24/h8-9,16-20,24H,4-7,10,12-15H2,1-3H3/t16-,17-,18+,19+,20+/m0/s1. The number of ether oxygens (including phenoxy) is 1. The Morgan fingerprint density at radius 3 is 2.77 bits per heavy atom. The fraction of sp³-hybridized carbons (Fsp3) is 0.818. The molecule has 2 rings (SSSR count). The monoisotopic (exact) mass is 361 g/mol. The summed E-state index contributed by atoms with van der Waals surface area (Å²) in [5, 5.41) is 19.0. The molecule has 4 heteroatoms. The summed E-state index contributed by atoms with van der Waals surface area (Å²) in [7, 11) is 0. The van der Waals surface area contributed by atoms with E-state index in [2.05, 4.69) is 13.0 Å². The van der Waals surface area contributed by atoms with E-state index >= 15 is 0 Å². The fourth-order valence-corrected chi connectivity index (χ4v) is 4.57. The maximum Gasteiger partial charge on any atom is 0.160 e. The Labute approximate surface area is 158 Å². The number of ketones is 1. The highest BCUT2D eigenvalue weighted by Gasteiger charge is 2.47. The van der Waals surface area contributed by atoms with E-state index in [0.29, 0.717) is 24.9 Å². The third kappa shape index (κ3) is 5.41. The molecule has 0 saturated heterocycles. The van der Waals surface area contributed by atoms with Crippen molar-refractivity contribution in [3.8, 4) is 6.07 Å². The highest BCUT2D eigenvalue weighted by Crippen LogP contribution is 2.49. The lowest BCUT2D eigenvalue weighted by Gasteiger charge is -2.22. The predicted octanol–water partition coefficient (Wildman–Crippen LogP) is 4.42. The topological polar surface area (TPSA) is 70.3 Å². The summed E-state index contributed by atoms with van der Waals surface area (Å²) in [6, 6.07) is 2.14. The van der Waals surface area contributed by atoms with Gasteiger partial charge < -0.3 is 9.84 Å². The number of nitrogens with zero attached hydrogens (tertiary/aromatic N) is 1. The van der Waals surface area contributed by atoms with Crippen LogP contribution in [0.3, 0.4) is 0 Å². The summed E-state index contributed by atoms with van der Waals surface area (Å²) >= 11 is 0. The molecule has 1 N–H and O–H groups in total. The van der Waals surface area contributed by atoms with Crippen molar-refractivity contribution in [2.24, 2.45) is 23.2 Å². The Kier molecular flexibility index (Phi) is 7.85. The van der Waals surface area contributed by atoms with E-state index in [0.717, 1.165) is 44.9 Å². The number of carbonyl (C=O) groups is 1. The normalized spacial score (nSPS) is 31.3. The van der Waals surface area contributed by atoms with Gasteiger partial charge in [-0.3, -0.25) is 4.79 Å². The van der Waals surface area contributed by atoms with Crippen LogP contribution in [0.5, 0.6) is 0 Å². The van der Waals surface area contributed by atoms with Crippen LogP contribution in [0.2, 0.25) is 0 Å². The van der Waals surface area contributed by atoms with Crippen molar-refractivity contribution in [3.05, 3.63) is 12.2 Å². The predicted molar refractivity (Wildman–Crippen MR) is 102 cm³/mol. The summed E-state index contributed by atoms with van der Waals surface area (Å²) in [4.78, 5) is 12.6. The van der Waals surface area contributed by atoms with Crippen molar-refractivity contribution in [2.45, 2.75) is 84.3 Å². The Morgan fingerprint density at radius 2 is 2.08 bits per heavy atom. The second-order valence-electron chi connectivity index (χ2n) is 8.74. The van der Waals surface area contributed by atoms with Crippen LogP contribution in [0.1, 0.15) is 72.1 Å². The molecule has 0 aromatic heterocycles. The SMILES string of the molecule is CCCCC(C)(C)C(=O)C=C[C@@H]1[C@@H]2C[C@@H](OCCCC#N)C[C@H]2C[C@H]1O. The summed E-state index contributed by atoms with van der Waals surface area (Å²) < 4.78 is 5.93. The summed E-state index contributed by atoms with van der Waals surface area (Å²) in [5.74, 6) is 1.14. The molecule has 2 aliphatic rings. The molecular formula is C22H35NO3. The molecule has 0 unspecified atom stereocenters. The Morgan fingerprint density at radius 1 is 1.31 bits per heavy atom. The number of rotatable bonds is 10. The molecule has 0 spiro atoms. The number of carbonyl (C=O) groups excluding carboxylic acids is 1. The van der Waals surface area contributed by atoms with Crippen LogP contribution in [0.15, 0.2) is 12.2 Å². The van der Waals surface area contributed by atoms with Gasteiger partial charge in [0.05, 0.1) is 18.3 Å². The van der Waals surface area contributed by atoms with E-state index in [1.54, 1.807) is 6.08 Å². The lowest BCUT2D eigenvalue weighted by atomic mass is 9.81. The quantitative estimate of drug-likeness (QED) is 0.462. The second-order valence-corrected chi connectivity index (χ2v) is 8.74. The fourth-order valence-electron chi connectivity index (χ4n) is 4.57. The highest BCUT2D eigenvalue weighted by molar-refractivity contribution is 5.94. The maximum atomic E-state index is 12.6. The molecule has 0 aromatic rings. The molecule has 0 amide bonds. The maximum absolute atomic E-state index is 12.6. The molecule has 2 aliphatic carbocycles. The third-order valence-electron chi connectivity index (χ3n) is 6.27. The first kappa shape index (κ1) is 21.1. The molecule has 4 nitrogen and oxygen atoms in total. The molecule has 2 saturated carbocycles. The molecule has 5 atom stereocenters. The highest BCUT2D eigenvalue weighted by atomic mass is 16.5. The van der Waals surface area contributed by atoms with Gasteiger partial charge >= 0.3 is 0 Å². The number of allylic oxidation sites excluding steroid dienone is 1. The summed E-state index contributed by atoms with van der Waals surface area (Å²) in [6.07, 6.45) is 10.8. The van der Waals surface area contributed by atoms with Crippen molar-refractivity contribution < 1.29 is 14.6 Å². The van der Waals surface area contributed by atoms with Crippen molar-refractivity contribution in [1.29, 1.82) is 5.26 Å². The van der Waals surface area contributed by atoms with E-state index < -0.39 is 0 Å². The van der Waals surface area contributed by atoms with Crippen LogP contribution in [-0.2, 0) is 9.53 Å². The molecule has 2 fully saturated rings. The molecule has 26 heavy (non-hydrogen) atoms. The van der Waals surface area contributed by atoms with E-state index in [1.165, 1.54) is 0 Å². The van der Waals surface area contributed by atoms with Gasteiger partial charge in [-0.15, -0.1) is 0 Å². The Balaban J connectivity index is 1.89. The van der Waals surface area contributed by atoms with Crippen LogP contribution in [-0.4, -0.2) is 29.7 Å². The van der Waals surface area contributed by atoms with E-state index in [4.69, 9.17) is 10.00 Å². The lowest BCUT2D eigenvalue weighted by molar-refractivity contribution is -0.122. The van der Waals surface area contributed by atoms with Crippen LogP contribution < -0.4 is 0 Å². The van der Waals surface area contributed by atoms with Gasteiger partial charge in [0.1, 0.15) is 0 Å². The largest absolute Gasteiger partial charge is 0.392 e. The minimum atomic E-state index is -0.340. The average Bonchev–Trinajstić information content (AvgIpc) is 3.11. The van der Waals surface area contributed by atoms with Gasteiger partial charge in [-0.05, 0) is 50.0 Å². The number of nitriles is 1. The zero-order valence-corrected chi connectivity index (χ0v) is 16.6. The molecule has 0 heterocycles. The minimum Gasteiger partial charge on any atom is -0.392 e. The van der Waals surface area contributed by atoms with Crippen molar-refractivity contribution in [1.82, 2.24) is 0 Å². The van der Waals surface area contributed by atoms with Gasteiger partial charge in [-0.25, -0.2) is 0 Å². The second kappa shape index (κ2) is 9.67. The van der Waals surface area contributed by atoms with E-state index in [-0.39, 0.29) is 29.3 Å². The molecular weight excluding hydrogens is 326 g/mol. The Bertz CT molecular complexity index is 534. The number of hydrogen-bond acceptors (Lipinski definition) is 4. The minimum absolute atomic E-state index is 0.0682. The zero-order valence-electron chi connectivity index (χ0n) is 16.6. The number of fused-ring (bicyclic) bond motifs is 1. The number of unbranched alkanes of at least 4 members (excludes halogenated alkanes) is 2. The number of hydrogen-bond donors (Lipinski definition) is 1. The van der Waals surface area contributed by atoms with Gasteiger partial charge in [0.2, 0.25) is 0 Å². The smallest absolute Gasteiger partial charge is 0.160 e. The van der Waals surface area contributed by atoms with Gasteiger partial charge in [-0.2, -0.15) is 5.26 Å². The van der Waals surface area contributed by atoms with Crippen molar-refractivity contribution in [2.75, 3.05) is 6.61 Å². The number of aliphatic hydroxyl groups is 1. The van der Waals surface area contributed by atoms with Gasteiger partial charge in [0.15, 0.2) is 5.78 Å².